The molecule has 0 bridgehead atoms. The zero-order chi connectivity index (χ0) is 14.2. The Labute approximate surface area is 125 Å². The quantitative estimate of drug-likeness (QED) is 0.759. The number of aliphatic hydroxyl groups is 1. The molecule has 3 nitrogen and oxygen atoms in total. The number of nitrogens with one attached hydrogen (secondary N) is 1. The SMILES string of the molecule is O=C(CCCCCc1cccs1)NC1CCCCC1O. The molecule has 112 valence electrons. The summed E-state index contributed by atoms with van der Waals surface area (Å²) in [6.45, 7) is 0. The van der Waals surface area contributed by atoms with Gasteiger partial charge in [0.1, 0.15) is 0 Å². The zero-order valence-electron chi connectivity index (χ0n) is 12.0. The van der Waals surface area contributed by atoms with Gasteiger partial charge >= 0.3 is 0 Å². The van der Waals surface area contributed by atoms with Crippen molar-refractivity contribution in [2.45, 2.75) is 69.9 Å². The highest BCUT2D eigenvalue weighted by Gasteiger charge is 2.23. The van der Waals surface area contributed by atoms with Crippen molar-refractivity contribution in [3.8, 4) is 0 Å². The Hall–Kier alpha value is -0.870. The lowest BCUT2D eigenvalue weighted by molar-refractivity contribution is -0.123. The van der Waals surface area contributed by atoms with Crippen molar-refractivity contribution in [1.82, 2.24) is 5.32 Å². The summed E-state index contributed by atoms with van der Waals surface area (Å²) in [5, 5.41) is 14.9. The molecule has 0 spiro atoms. The lowest BCUT2D eigenvalue weighted by atomic mass is 9.92. The molecule has 2 atom stereocenters. The Bertz CT molecular complexity index is 391. The van der Waals surface area contributed by atoms with Crippen molar-refractivity contribution in [2.24, 2.45) is 0 Å². The van der Waals surface area contributed by atoms with E-state index in [9.17, 15) is 9.90 Å². The topological polar surface area (TPSA) is 49.3 Å². The molecule has 0 saturated heterocycles. The summed E-state index contributed by atoms with van der Waals surface area (Å²) in [4.78, 5) is 13.3. The van der Waals surface area contributed by atoms with E-state index in [-0.39, 0.29) is 18.1 Å². The molecular formula is C16H25NO2S. The second-order valence-electron chi connectivity index (χ2n) is 5.67. The molecule has 4 heteroatoms. The summed E-state index contributed by atoms with van der Waals surface area (Å²) in [6, 6.07) is 4.24. The van der Waals surface area contributed by atoms with Crippen LogP contribution in [0, 0.1) is 0 Å². The van der Waals surface area contributed by atoms with Crippen LogP contribution in [0.4, 0.5) is 0 Å². The maximum atomic E-state index is 11.8. The molecule has 2 unspecified atom stereocenters. The van der Waals surface area contributed by atoms with E-state index in [1.54, 1.807) is 11.3 Å². The van der Waals surface area contributed by atoms with E-state index >= 15 is 0 Å². The number of hydrogen-bond donors (Lipinski definition) is 2. The largest absolute Gasteiger partial charge is 0.391 e. The van der Waals surface area contributed by atoms with E-state index in [1.165, 1.54) is 4.88 Å². The molecule has 1 fully saturated rings. The lowest BCUT2D eigenvalue weighted by Crippen LogP contribution is -2.44. The lowest BCUT2D eigenvalue weighted by Gasteiger charge is -2.28. The molecule has 1 aromatic rings. The molecule has 1 saturated carbocycles. The van der Waals surface area contributed by atoms with Crippen molar-refractivity contribution in [2.75, 3.05) is 0 Å². The smallest absolute Gasteiger partial charge is 0.220 e. The zero-order valence-corrected chi connectivity index (χ0v) is 12.8. The van der Waals surface area contributed by atoms with E-state index < -0.39 is 0 Å². The predicted molar refractivity (Wildman–Crippen MR) is 82.9 cm³/mol. The molecule has 1 aliphatic rings. The highest BCUT2D eigenvalue weighted by Crippen LogP contribution is 2.18. The van der Waals surface area contributed by atoms with Gasteiger partial charge in [-0.2, -0.15) is 0 Å². The average molecular weight is 295 g/mol. The van der Waals surface area contributed by atoms with Crippen LogP contribution in [0.15, 0.2) is 17.5 Å². The van der Waals surface area contributed by atoms with E-state index in [4.69, 9.17) is 0 Å². The first-order valence-corrected chi connectivity index (χ1v) is 8.63. The van der Waals surface area contributed by atoms with Gasteiger partial charge in [-0.15, -0.1) is 11.3 Å². The Morgan fingerprint density at radius 3 is 2.90 bits per heavy atom. The summed E-state index contributed by atoms with van der Waals surface area (Å²) in [6.07, 6.45) is 8.51. The van der Waals surface area contributed by atoms with Gasteiger partial charge in [0.15, 0.2) is 0 Å². The van der Waals surface area contributed by atoms with Gasteiger partial charge in [0.25, 0.3) is 0 Å². The van der Waals surface area contributed by atoms with Crippen molar-refractivity contribution < 1.29 is 9.90 Å². The number of carbonyl (C=O) groups excluding carboxylic acids is 1. The van der Waals surface area contributed by atoms with E-state index in [2.05, 4.69) is 22.8 Å². The van der Waals surface area contributed by atoms with Gasteiger partial charge in [-0.05, 0) is 43.6 Å². The van der Waals surface area contributed by atoms with Crippen LogP contribution >= 0.6 is 11.3 Å². The van der Waals surface area contributed by atoms with Crippen LogP contribution in [-0.2, 0) is 11.2 Å². The minimum absolute atomic E-state index is 0.0117. The second kappa shape index (κ2) is 8.42. The molecule has 1 aromatic heterocycles. The summed E-state index contributed by atoms with van der Waals surface area (Å²) in [5.41, 5.74) is 0. The summed E-state index contributed by atoms with van der Waals surface area (Å²) >= 11 is 1.80. The number of rotatable bonds is 7. The van der Waals surface area contributed by atoms with Crippen molar-refractivity contribution in [3.05, 3.63) is 22.4 Å². The minimum atomic E-state index is -0.341. The Morgan fingerprint density at radius 1 is 1.30 bits per heavy atom. The molecule has 0 radical (unpaired) electrons. The third kappa shape index (κ3) is 5.25. The standard InChI is InChI=1S/C16H25NO2S/c18-15-10-5-4-9-14(15)17-16(19)11-3-1-2-7-13-8-6-12-20-13/h6,8,12,14-15,18H,1-5,7,9-11H2,(H,17,19). The van der Waals surface area contributed by atoms with Crippen LogP contribution in [0.5, 0.6) is 0 Å². The predicted octanol–water partition coefficient (Wildman–Crippen LogP) is 3.27. The normalized spacial score (nSPS) is 22.6. The first-order chi connectivity index (χ1) is 9.75. The van der Waals surface area contributed by atoms with Crippen LogP contribution in [0.3, 0.4) is 0 Å². The van der Waals surface area contributed by atoms with Crippen molar-refractivity contribution >= 4 is 17.2 Å². The van der Waals surface area contributed by atoms with Gasteiger partial charge in [-0.25, -0.2) is 0 Å². The van der Waals surface area contributed by atoms with Gasteiger partial charge in [-0.1, -0.05) is 25.3 Å². The third-order valence-corrected chi connectivity index (χ3v) is 4.92. The fraction of sp³-hybridized carbons (Fsp3) is 0.688. The maximum absolute atomic E-state index is 11.8. The average Bonchev–Trinajstić information content (AvgIpc) is 2.94. The summed E-state index contributed by atoms with van der Waals surface area (Å²) < 4.78 is 0. The summed E-state index contributed by atoms with van der Waals surface area (Å²) in [7, 11) is 0. The Balaban J connectivity index is 1.53. The number of aryl methyl sites for hydroxylation is 1. The minimum Gasteiger partial charge on any atom is -0.391 e. The van der Waals surface area contributed by atoms with E-state index in [0.717, 1.165) is 51.4 Å². The van der Waals surface area contributed by atoms with Crippen LogP contribution in [-0.4, -0.2) is 23.2 Å². The molecule has 1 heterocycles. The molecular weight excluding hydrogens is 270 g/mol. The molecule has 1 aliphatic carbocycles. The molecule has 1 amide bonds. The van der Waals surface area contributed by atoms with Crippen LogP contribution in [0.2, 0.25) is 0 Å². The van der Waals surface area contributed by atoms with Crippen LogP contribution < -0.4 is 5.32 Å². The van der Waals surface area contributed by atoms with Crippen LogP contribution in [0.25, 0.3) is 0 Å². The molecule has 0 aromatic carbocycles. The fourth-order valence-electron chi connectivity index (χ4n) is 2.78. The second-order valence-corrected chi connectivity index (χ2v) is 6.70. The van der Waals surface area contributed by atoms with E-state index in [1.807, 2.05) is 0 Å². The Morgan fingerprint density at radius 2 is 2.15 bits per heavy atom. The molecule has 2 rings (SSSR count). The van der Waals surface area contributed by atoms with Gasteiger partial charge in [0.2, 0.25) is 5.91 Å². The first-order valence-electron chi connectivity index (χ1n) is 7.75. The van der Waals surface area contributed by atoms with Crippen molar-refractivity contribution in [1.29, 1.82) is 0 Å². The van der Waals surface area contributed by atoms with Gasteiger partial charge in [0.05, 0.1) is 12.1 Å². The molecule has 2 N–H and O–H groups in total. The highest BCUT2D eigenvalue weighted by molar-refractivity contribution is 7.09. The monoisotopic (exact) mass is 295 g/mol. The number of aliphatic hydroxyl groups excluding tert-OH is 1. The number of amides is 1. The van der Waals surface area contributed by atoms with E-state index in [0.29, 0.717) is 6.42 Å². The Kier molecular flexibility index (Phi) is 6.54. The number of unbranched alkanes of at least 4 members (excludes halogenated alkanes) is 2. The maximum Gasteiger partial charge on any atom is 0.220 e. The fourth-order valence-corrected chi connectivity index (χ4v) is 3.53. The van der Waals surface area contributed by atoms with Gasteiger partial charge in [-0.3, -0.25) is 4.79 Å². The van der Waals surface area contributed by atoms with Gasteiger partial charge < -0.3 is 10.4 Å². The molecule has 20 heavy (non-hydrogen) atoms. The first kappa shape index (κ1) is 15.5. The molecule has 0 aliphatic heterocycles. The number of thiophene rings is 1. The highest BCUT2D eigenvalue weighted by atomic mass is 32.1. The van der Waals surface area contributed by atoms with Gasteiger partial charge in [0, 0.05) is 11.3 Å². The summed E-state index contributed by atoms with van der Waals surface area (Å²) in [5.74, 6) is 0.104. The van der Waals surface area contributed by atoms with Crippen molar-refractivity contribution in [3.63, 3.8) is 0 Å². The number of carbonyl (C=O) groups is 1. The van der Waals surface area contributed by atoms with Crippen LogP contribution in [0.1, 0.15) is 56.2 Å². The number of hydrogen-bond acceptors (Lipinski definition) is 3. The third-order valence-electron chi connectivity index (χ3n) is 3.98.